The van der Waals surface area contributed by atoms with E-state index in [9.17, 15) is 8.42 Å². The van der Waals surface area contributed by atoms with Crippen molar-refractivity contribution in [2.45, 2.75) is 4.90 Å². The van der Waals surface area contributed by atoms with E-state index in [0.717, 1.165) is 16.6 Å². The van der Waals surface area contributed by atoms with Gasteiger partial charge >= 0.3 is 0 Å². The summed E-state index contributed by atoms with van der Waals surface area (Å²) in [6.45, 7) is 0. The Kier molecular flexibility index (Phi) is 4.79. The number of para-hydroxylation sites is 2. The first-order valence-corrected chi connectivity index (χ1v) is 11.4. The van der Waals surface area contributed by atoms with E-state index in [2.05, 4.69) is 14.7 Å². The molecule has 0 amide bonds. The summed E-state index contributed by atoms with van der Waals surface area (Å²) in [5.74, 6) is 0.584. The summed E-state index contributed by atoms with van der Waals surface area (Å²) in [7, 11) is -0.0354. The van der Waals surface area contributed by atoms with Gasteiger partial charge in [-0.15, -0.1) is 0 Å². The van der Waals surface area contributed by atoms with Crippen LogP contribution in [0.5, 0.6) is 0 Å². The molecule has 0 spiro atoms. The number of benzene rings is 3. The lowest BCUT2D eigenvalue weighted by Crippen LogP contribution is -2.15. The molecule has 0 unspecified atom stereocenters. The van der Waals surface area contributed by atoms with Crippen molar-refractivity contribution in [1.82, 2.24) is 9.97 Å². The number of pyridine rings is 1. The van der Waals surface area contributed by atoms with Gasteiger partial charge in [0.25, 0.3) is 10.0 Å². The zero-order valence-electron chi connectivity index (χ0n) is 17.5. The van der Waals surface area contributed by atoms with Gasteiger partial charge in [0, 0.05) is 42.3 Å². The fraction of sp³-hybridized carbons (Fsp3) is 0.0833. The number of sulfonamides is 1. The normalized spacial score (nSPS) is 11.7. The number of hydrogen-bond acceptors (Lipinski definition) is 6. The maximum Gasteiger partial charge on any atom is 0.263 e. The van der Waals surface area contributed by atoms with Crippen LogP contribution in [0, 0.1) is 0 Å². The van der Waals surface area contributed by atoms with Crippen molar-refractivity contribution in [2.75, 3.05) is 23.7 Å². The Morgan fingerprint density at radius 2 is 1.69 bits per heavy atom. The molecule has 0 saturated carbocycles. The number of oxazole rings is 1. The average Bonchev–Trinajstić information content (AvgIpc) is 3.22. The third kappa shape index (κ3) is 3.54. The van der Waals surface area contributed by atoms with Crippen LogP contribution in [0.25, 0.3) is 33.3 Å². The Hall–Kier alpha value is -3.91. The highest BCUT2D eigenvalue weighted by Crippen LogP contribution is 2.31. The lowest BCUT2D eigenvalue weighted by molar-refractivity contribution is 0.601. The first kappa shape index (κ1) is 20.0. The molecule has 0 atom stereocenters. The van der Waals surface area contributed by atoms with Crippen LogP contribution in [-0.2, 0) is 10.0 Å². The Morgan fingerprint density at radius 1 is 0.906 bits per heavy atom. The fourth-order valence-corrected chi connectivity index (χ4v) is 4.92. The molecule has 2 aromatic heterocycles. The van der Waals surface area contributed by atoms with Gasteiger partial charge in [0.15, 0.2) is 5.58 Å². The van der Waals surface area contributed by atoms with Crippen molar-refractivity contribution >= 4 is 43.4 Å². The SMILES string of the molecule is CN(C)c1cccc2c(S(=O)(=O)Nc3cc(-c4nc5ccccc5o4)ccn3)cccc12. The molecule has 0 radical (unpaired) electrons. The van der Waals surface area contributed by atoms with E-state index in [-0.39, 0.29) is 10.7 Å². The number of nitrogens with zero attached hydrogens (tertiary/aromatic N) is 3. The number of anilines is 2. The number of rotatable bonds is 5. The third-order valence-electron chi connectivity index (χ3n) is 5.17. The second-order valence-corrected chi connectivity index (χ2v) is 9.20. The Labute approximate surface area is 185 Å². The maximum absolute atomic E-state index is 13.3. The third-order valence-corrected chi connectivity index (χ3v) is 6.58. The van der Waals surface area contributed by atoms with E-state index >= 15 is 0 Å². The van der Waals surface area contributed by atoms with Crippen molar-refractivity contribution in [3.63, 3.8) is 0 Å². The molecule has 7 nitrogen and oxygen atoms in total. The smallest absolute Gasteiger partial charge is 0.263 e. The molecule has 5 rings (SSSR count). The number of hydrogen-bond donors (Lipinski definition) is 1. The molecular weight excluding hydrogens is 424 g/mol. The summed E-state index contributed by atoms with van der Waals surface area (Å²) in [5.41, 5.74) is 2.96. The highest BCUT2D eigenvalue weighted by atomic mass is 32.2. The van der Waals surface area contributed by atoms with Crippen LogP contribution in [0.1, 0.15) is 0 Å². The van der Waals surface area contributed by atoms with Crippen LogP contribution in [-0.4, -0.2) is 32.5 Å². The molecule has 160 valence electrons. The quantitative estimate of drug-likeness (QED) is 0.414. The largest absolute Gasteiger partial charge is 0.436 e. The molecule has 0 aliphatic carbocycles. The molecule has 1 N–H and O–H groups in total. The van der Waals surface area contributed by atoms with Gasteiger partial charge in [-0.25, -0.2) is 18.4 Å². The predicted molar refractivity (Wildman–Crippen MR) is 126 cm³/mol. The van der Waals surface area contributed by atoms with Crippen molar-refractivity contribution in [1.29, 1.82) is 0 Å². The molecule has 0 saturated heterocycles. The zero-order chi connectivity index (χ0) is 22.3. The lowest BCUT2D eigenvalue weighted by atomic mass is 10.1. The number of nitrogens with one attached hydrogen (secondary N) is 1. The van der Waals surface area contributed by atoms with Crippen LogP contribution in [0.15, 0.2) is 88.3 Å². The highest BCUT2D eigenvalue weighted by molar-refractivity contribution is 7.93. The van der Waals surface area contributed by atoms with Crippen molar-refractivity contribution in [3.05, 3.63) is 79.0 Å². The zero-order valence-corrected chi connectivity index (χ0v) is 18.3. The molecule has 2 heterocycles. The molecule has 3 aromatic carbocycles. The standard InChI is InChI=1S/C24H20N4O3S/c1-28(2)20-10-5-8-18-17(20)7-6-12-22(18)32(29,30)27-23-15-16(13-14-25-23)24-26-19-9-3-4-11-21(19)31-24/h3-15H,1-2H3,(H,25,27). The highest BCUT2D eigenvalue weighted by Gasteiger charge is 2.20. The van der Waals surface area contributed by atoms with Gasteiger partial charge in [-0.05, 0) is 36.4 Å². The summed E-state index contributed by atoms with van der Waals surface area (Å²) in [6.07, 6.45) is 1.52. The minimum Gasteiger partial charge on any atom is -0.436 e. The van der Waals surface area contributed by atoms with E-state index in [4.69, 9.17) is 4.42 Å². The van der Waals surface area contributed by atoms with Gasteiger partial charge < -0.3 is 9.32 Å². The van der Waals surface area contributed by atoms with E-state index in [1.165, 1.54) is 6.20 Å². The molecule has 0 aliphatic rings. The van der Waals surface area contributed by atoms with Crippen LogP contribution in [0.4, 0.5) is 11.5 Å². The van der Waals surface area contributed by atoms with E-state index < -0.39 is 10.0 Å². The summed E-state index contributed by atoms with van der Waals surface area (Å²) >= 11 is 0. The van der Waals surface area contributed by atoms with E-state index in [0.29, 0.717) is 22.4 Å². The topological polar surface area (TPSA) is 88.3 Å². The second kappa shape index (κ2) is 7.65. The van der Waals surface area contributed by atoms with Gasteiger partial charge in [0.2, 0.25) is 5.89 Å². The molecule has 32 heavy (non-hydrogen) atoms. The van der Waals surface area contributed by atoms with Gasteiger partial charge in [0.05, 0.1) is 4.90 Å². The first-order valence-electron chi connectivity index (χ1n) is 9.96. The molecule has 5 aromatic rings. The second-order valence-electron chi connectivity index (χ2n) is 7.54. The van der Waals surface area contributed by atoms with Crippen molar-refractivity contribution < 1.29 is 12.8 Å². The Balaban J connectivity index is 1.53. The first-order chi connectivity index (χ1) is 15.4. The average molecular weight is 445 g/mol. The van der Waals surface area contributed by atoms with Gasteiger partial charge in [-0.3, -0.25) is 4.72 Å². The minimum atomic E-state index is -3.89. The molecular formula is C24H20N4O3S. The van der Waals surface area contributed by atoms with Gasteiger partial charge in [-0.2, -0.15) is 0 Å². The minimum absolute atomic E-state index is 0.186. The molecule has 0 aliphatic heterocycles. The van der Waals surface area contributed by atoms with Crippen LogP contribution < -0.4 is 9.62 Å². The predicted octanol–water partition coefficient (Wildman–Crippen LogP) is 4.91. The van der Waals surface area contributed by atoms with Crippen molar-refractivity contribution in [2.24, 2.45) is 0 Å². The number of fused-ring (bicyclic) bond motifs is 2. The maximum atomic E-state index is 13.3. The lowest BCUT2D eigenvalue weighted by Gasteiger charge is -2.17. The van der Waals surface area contributed by atoms with Crippen LogP contribution >= 0.6 is 0 Å². The van der Waals surface area contributed by atoms with Crippen LogP contribution in [0.2, 0.25) is 0 Å². The van der Waals surface area contributed by atoms with E-state index in [1.807, 2.05) is 61.5 Å². The molecule has 0 fully saturated rings. The molecule has 0 bridgehead atoms. The summed E-state index contributed by atoms with van der Waals surface area (Å²) in [6, 6.07) is 21.6. The van der Waals surface area contributed by atoms with Gasteiger partial charge in [0.1, 0.15) is 11.3 Å². The number of aromatic nitrogens is 2. The summed E-state index contributed by atoms with van der Waals surface area (Å²) in [5, 5.41) is 1.50. The van der Waals surface area contributed by atoms with E-state index in [1.54, 1.807) is 30.3 Å². The van der Waals surface area contributed by atoms with Crippen molar-refractivity contribution in [3.8, 4) is 11.5 Å². The fourth-order valence-electron chi connectivity index (χ4n) is 3.70. The van der Waals surface area contributed by atoms with Crippen LogP contribution in [0.3, 0.4) is 0 Å². The monoisotopic (exact) mass is 444 g/mol. The molecule has 8 heteroatoms. The summed E-state index contributed by atoms with van der Waals surface area (Å²) in [4.78, 5) is 10.8. The Bertz CT molecular complexity index is 1530. The Morgan fingerprint density at radius 3 is 2.50 bits per heavy atom. The summed E-state index contributed by atoms with van der Waals surface area (Å²) < 4.78 is 35.0. The van der Waals surface area contributed by atoms with Gasteiger partial charge in [-0.1, -0.05) is 36.4 Å².